The Bertz CT molecular complexity index is 975. The Hall–Kier alpha value is -3.12. The number of carbonyl (C=O) groups is 2. The lowest BCUT2D eigenvalue weighted by molar-refractivity contribution is -0.120. The van der Waals surface area contributed by atoms with Crippen LogP contribution in [0.3, 0.4) is 0 Å². The number of rotatable bonds is 7. The molecule has 0 aliphatic rings. The molecule has 3 aromatic carbocycles. The number of carbonyl (C=O) groups excluding carboxylic acids is 2. The average molecular weight is 453 g/mol. The first-order chi connectivity index (χ1) is 14.1. The van der Waals surface area contributed by atoms with Gasteiger partial charge in [0.1, 0.15) is 5.75 Å². The molecule has 0 aliphatic carbocycles. The van der Waals surface area contributed by atoms with Crippen LogP contribution in [0.15, 0.2) is 83.3 Å². The number of methoxy groups -OCH3 is 1. The molecule has 2 N–H and O–H groups in total. The fourth-order valence-corrected chi connectivity index (χ4v) is 3.30. The van der Waals surface area contributed by atoms with Crippen LogP contribution in [0.4, 0.5) is 0 Å². The molecule has 2 amide bonds. The Labute approximate surface area is 178 Å². The van der Waals surface area contributed by atoms with Gasteiger partial charge in [0, 0.05) is 10.0 Å². The number of amides is 2. The van der Waals surface area contributed by atoms with Crippen molar-refractivity contribution in [3.63, 3.8) is 0 Å². The van der Waals surface area contributed by atoms with Crippen LogP contribution in [0.25, 0.3) is 0 Å². The molecule has 0 saturated carbocycles. The zero-order chi connectivity index (χ0) is 20.6. The van der Waals surface area contributed by atoms with Gasteiger partial charge in [0.2, 0.25) is 5.91 Å². The Morgan fingerprint density at radius 3 is 2.28 bits per heavy atom. The molecule has 148 valence electrons. The normalized spacial score (nSPS) is 11.4. The molecule has 5 nitrogen and oxygen atoms in total. The standard InChI is InChI=1S/C23H21BrN2O3/c1-29-20-12-10-17(11-13-20)22(16-6-3-2-4-7-16)26-21(27)15-25-23(28)18-8-5-9-19(24)14-18/h2-14,22H,15H2,1H3,(H,25,28)(H,26,27)/t22-/m0/s1. The predicted octanol–water partition coefficient (Wildman–Crippen LogP) is 4.09. The smallest absolute Gasteiger partial charge is 0.251 e. The minimum Gasteiger partial charge on any atom is -0.497 e. The quantitative estimate of drug-likeness (QED) is 0.567. The predicted molar refractivity (Wildman–Crippen MR) is 116 cm³/mol. The van der Waals surface area contributed by atoms with E-state index in [1.165, 1.54) is 0 Å². The van der Waals surface area contributed by atoms with E-state index in [0.717, 1.165) is 21.3 Å². The third-order valence-electron chi connectivity index (χ3n) is 4.38. The van der Waals surface area contributed by atoms with Gasteiger partial charge in [-0.05, 0) is 41.5 Å². The van der Waals surface area contributed by atoms with Crippen LogP contribution in [0.1, 0.15) is 27.5 Å². The van der Waals surface area contributed by atoms with Crippen LogP contribution >= 0.6 is 15.9 Å². The molecule has 3 aromatic rings. The maximum atomic E-state index is 12.6. The summed E-state index contributed by atoms with van der Waals surface area (Å²) in [5, 5.41) is 5.66. The van der Waals surface area contributed by atoms with Crippen molar-refractivity contribution in [2.45, 2.75) is 6.04 Å². The third kappa shape index (κ3) is 5.68. The molecule has 29 heavy (non-hydrogen) atoms. The second-order valence-electron chi connectivity index (χ2n) is 6.38. The van der Waals surface area contributed by atoms with Gasteiger partial charge in [-0.1, -0.05) is 64.5 Å². The molecular formula is C23H21BrN2O3. The summed E-state index contributed by atoms with van der Waals surface area (Å²) in [6.45, 7) is -0.120. The van der Waals surface area contributed by atoms with Gasteiger partial charge in [-0.25, -0.2) is 0 Å². The number of halogens is 1. The molecule has 0 heterocycles. The largest absolute Gasteiger partial charge is 0.497 e. The molecule has 1 atom stereocenters. The van der Waals surface area contributed by atoms with Crippen LogP contribution < -0.4 is 15.4 Å². The molecule has 6 heteroatoms. The van der Waals surface area contributed by atoms with E-state index in [-0.39, 0.29) is 24.4 Å². The zero-order valence-corrected chi connectivity index (χ0v) is 17.5. The van der Waals surface area contributed by atoms with Crippen molar-refractivity contribution >= 4 is 27.7 Å². The summed E-state index contributed by atoms with van der Waals surface area (Å²) >= 11 is 3.34. The summed E-state index contributed by atoms with van der Waals surface area (Å²) in [5.41, 5.74) is 2.36. The molecule has 0 spiro atoms. The molecule has 0 aliphatic heterocycles. The second-order valence-corrected chi connectivity index (χ2v) is 7.29. The van der Waals surface area contributed by atoms with E-state index in [0.29, 0.717) is 5.56 Å². The van der Waals surface area contributed by atoms with Gasteiger partial charge in [0.25, 0.3) is 5.91 Å². The van der Waals surface area contributed by atoms with Crippen molar-refractivity contribution in [3.05, 3.63) is 100 Å². The Balaban J connectivity index is 1.70. The topological polar surface area (TPSA) is 67.4 Å². The van der Waals surface area contributed by atoms with Crippen LogP contribution in [0, 0.1) is 0 Å². The lowest BCUT2D eigenvalue weighted by Gasteiger charge is -2.20. The molecule has 0 fully saturated rings. The Kier molecular flexibility index (Phi) is 7.03. The Morgan fingerprint density at radius 1 is 0.931 bits per heavy atom. The fourth-order valence-electron chi connectivity index (χ4n) is 2.91. The molecule has 3 rings (SSSR count). The van der Waals surface area contributed by atoms with Crippen molar-refractivity contribution in [2.24, 2.45) is 0 Å². The van der Waals surface area contributed by atoms with Crippen molar-refractivity contribution in [1.29, 1.82) is 0 Å². The van der Waals surface area contributed by atoms with Crippen LogP contribution in [-0.4, -0.2) is 25.5 Å². The maximum absolute atomic E-state index is 12.6. The van der Waals surface area contributed by atoms with Gasteiger partial charge in [0.15, 0.2) is 0 Å². The highest BCUT2D eigenvalue weighted by molar-refractivity contribution is 9.10. The number of benzene rings is 3. The first kappa shape index (κ1) is 20.6. The molecular weight excluding hydrogens is 432 g/mol. The number of ether oxygens (including phenoxy) is 1. The lowest BCUT2D eigenvalue weighted by atomic mass is 9.98. The molecule has 0 aromatic heterocycles. The van der Waals surface area contributed by atoms with Crippen molar-refractivity contribution in [3.8, 4) is 5.75 Å². The molecule has 0 radical (unpaired) electrons. The van der Waals surface area contributed by atoms with Crippen molar-refractivity contribution in [2.75, 3.05) is 13.7 Å². The van der Waals surface area contributed by atoms with E-state index in [4.69, 9.17) is 4.74 Å². The van der Waals surface area contributed by atoms with Gasteiger partial charge >= 0.3 is 0 Å². The highest BCUT2D eigenvalue weighted by Gasteiger charge is 2.17. The van der Waals surface area contributed by atoms with Gasteiger partial charge in [0.05, 0.1) is 19.7 Å². The summed E-state index contributed by atoms with van der Waals surface area (Å²) in [7, 11) is 1.61. The number of hydrogen-bond acceptors (Lipinski definition) is 3. The maximum Gasteiger partial charge on any atom is 0.251 e. The van der Waals surface area contributed by atoms with Gasteiger partial charge in [-0.2, -0.15) is 0 Å². The fraction of sp³-hybridized carbons (Fsp3) is 0.130. The van der Waals surface area contributed by atoms with Crippen LogP contribution in [-0.2, 0) is 4.79 Å². The van der Waals surface area contributed by atoms with Gasteiger partial charge in [-0.3, -0.25) is 9.59 Å². The first-order valence-corrected chi connectivity index (χ1v) is 9.88. The lowest BCUT2D eigenvalue weighted by Crippen LogP contribution is -2.39. The summed E-state index contributed by atoms with van der Waals surface area (Å²) in [4.78, 5) is 24.8. The summed E-state index contributed by atoms with van der Waals surface area (Å²) in [6.07, 6.45) is 0. The number of hydrogen-bond donors (Lipinski definition) is 2. The zero-order valence-electron chi connectivity index (χ0n) is 15.9. The van der Waals surface area contributed by atoms with Crippen molar-refractivity contribution < 1.29 is 14.3 Å². The van der Waals surface area contributed by atoms with Gasteiger partial charge < -0.3 is 15.4 Å². The second kappa shape index (κ2) is 9.89. The summed E-state index contributed by atoms with van der Waals surface area (Å²) in [5.74, 6) is 0.161. The van der Waals surface area contributed by atoms with Crippen LogP contribution in [0.2, 0.25) is 0 Å². The molecule has 0 bridgehead atoms. The SMILES string of the molecule is COc1ccc([C@@H](NC(=O)CNC(=O)c2cccc(Br)c2)c2ccccc2)cc1. The van der Waals surface area contributed by atoms with E-state index in [1.807, 2.05) is 60.7 Å². The van der Waals surface area contributed by atoms with E-state index in [1.54, 1.807) is 25.3 Å². The minimum absolute atomic E-state index is 0.120. The monoisotopic (exact) mass is 452 g/mol. The van der Waals surface area contributed by atoms with E-state index >= 15 is 0 Å². The van der Waals surface area contributed by atoms with Gasteiger partial charge in [-0.15, -0.1) is 0 Å². The summed E-state index contributed by atoms with van der Waals surface area (Å²) in [6, 6.07) is 23.9. The number of nitrogens with one attached hydrogen (secondary N) is 2. The van der Waals surface area contributed by atoms with E-state index < -0.39 is 0 Å². The third-order valence-corrected chi connectivity index (χ3v) is 4.88. The highest BCUT2D eigenvalue weighted by Crippen LogP contribution is 2.24. The van der Waals surface area contributed by atoms with E-state index in [9.17, 15) is 9.59 Å². The minimum atomic E-state index is -0.336. The average Bonchev–Trinajstić information content (AvgIpc) is 2.76. The first-order valence-electron chi connectivity index (χ1n) is 9.09. The molecule has 0 saturated heterocycles. The molecule has 0 unspecified atom stereocenters. The van der Waals surface area contributed by atoms with E-state index in [2.05, 4.69) is 26.6 Å². The highest BCUT2D eigenvalue weighted by atomic mass is 79.9. The van der Waals surface area contributed by atoms with Crippen LogP contribution in [0.5, 0.6) is 5.75 Å². The van der Waals surface area contributed by atoms with Crippen molar-refractivity contribution in [1.82, 2.24) is 10.6 Å². The summed E-state index contributed by atoms with van der Waals surface area (Å²) < 4.78 is 6.02. The Morgan fingerprint density at radius 2 is 1.62 bits per heavy atom.